The zero-order valence-corrected chi connectivity index (χ0v) is 17.0. The lowest BCUT2D eigenvalue weighted by atomic mass is 9.91. The van der Waals surface area contributed by atoms with E-state index in [1.54, 1.807) is 0 Å². The van der Waals surface area contributed by atoms with Crippen LogP contribution in [0.2, 0.25) is 0 Å². The van der Waals surface area contributed by atoms with Crippen molar-refractivity contribution in [2.45, 2.75) is 54.8 Å². The third-order valence-corrected chi connectivity index (χ3v) is 6.94. The molecule has 1 nitrogen and oxygen atoms in total. The van der Waals surface area contributed by atoms with Gasteiger partial charge in [0.15, 0.2) is 0 Å². The van der Waals surface area contributed by atoms with Gasteiger partial charge >= 0.3 is 0 Å². The highest BCUT2D eigenvalue weighted by molar-refractivity contribution is 6.27. The quantitative estimate of drug-likeness (QED) is 0.486. The maximum absolute atomic E-state index is 6.81. The minimum absolute atomic E-state index is 0.122. The van der Waals surface area contributed by atoms with Gasteiger partial charge in [-0.05, 0) is 74.4 Å². The lowest BCUT2D eigenvalue weighted by molar-refractivity contribution is 0.322. The minimum Gasteiger partial charge on any atom is -0.302 e. The van der Waals surface area contributed by atoms with E-state index in [0.29, 0.717) is 0 Å². The molecule has 0 atom stereocenters. The molecule has 2 aromatic rings. The summed E-state index contributed by atoms with van der Waals surface area (Å²) in [6, 6.07) is 17.3. The van der Waals surface area contributed by atoms with Crippen molar-refractivity contribution in [3.8, 4) is 0 Å². The zero-order chi connectivity index (χ0) is 18.2. The molecule has 0 aromatic heterocycles. The number of halogens is 2. The van der Waals surface area contributed by atoms with Gasteiger partial charge in [0.2, 0.25) is 0 Å². The van der Waals surface area contributed by atoms with Gasteiger partial charge in [-0.3, -0.25) is 0 Å². The van der Waals surface area contributed by atoms with Gasteiger partial charge < -0.3 is 4.90 Å². The summed E-state index contributed by atoms with van der Waals surface area (Å²) in [5, 5.41) is 0. The fraction of sp³-hybridized carbons (Fsp3) is 0.478. The molecule has 26 heavy (non-hydrogen) atoms. The first-order chi connectivity index (χ1) is 12.5. The molecule has 2 aromatic carbocycles. The van der Waals surface area contributed by atoms with Crippen molar-refractivity contribution < 1.29 is 0 Å². The minimum atomic E-state index is -0.122. The van der Waals surface area contributed by atoms with Crippen LogP contribution in [0.4, 0.5) is 0 Å². The number of benzene rings is 2. The predicted octanol–water partition coefficient (Wildman–Crippen LogP) is 6.21. The fourth-order valence-electron chi connectivity index (χ4n) is 3.95. The Balaban J connectivity index is 1.44. The van der Waals surface area contributed by atoms with Crippen molar-refractivity contribution >= 4 is 23.2 Å². The molecule has 2 aliphatic carbocycles. The van der Waals surface area contributed by atoms with E-state index < -0.39 is 0 Å². The molecule has 2 saturated carbocycles. The molecule has 2 fully saturated rings. The van der Waals surface area contributed by atoms with Gasteiger partial charge in [0.05, 0.1) is 9.75 Å². The maximum Gasteiger partial charge on any atom is 0.0699 e. The first kappa shape index (κ1) is 18.3. The van der Waals surface area contributed by atoms with E-state index >= 15 is 0 Å². The van der Waals surface area contributed by atoms with Crippen molar-refractivity contribution in [2.24, 2.45) is 0 Å². The summed E-state index contributed by atoms with van der Waals surface area (Å²) in [6.45, 7) is 2.07. The molecule has 138 valence electrons. The Labute approximate surface area is 167 Å². The average Bonchev–Trinajstić information content (AvgIpc) is 3.55. The molecular weight excluding hydrogens is 361 g/mol. The Kier molecular flexibility index (Phi) is 5.07. The molecular formula is C23H27Cl2N. The SMILES string of the molecule is CN(CCCc1c(C2(Cl)CC2)cccc1C1(Cl)CC1)Cc1ccccc1. The van der Waals surface area contributed by atoms with Crippen molar-refractivity contribution in [3.05, 3.63) is 70.8 Å². The highest BCUT2D eigenvalue weighted by Crippen LogP contribution is 2.58. The number of nitrogens with zero attached hydrogens (tertiary/aromatic N) is 1. The largest absolute Gasteiger partial charge is 0.302 e. The van der Waals surface area contributed by atoms with Crippen LogP contribution in [0.25, 0.3) is 0 Å². The second-order valence-corrected chi connectivity index (χ2v) is 9.54. The number of rotatable bonds is 8. The molecule has 0 aliphatic heterocycles. The summed E-state index contributed by atoms with van der Waals surface area (Å²) >= 11 is 13.6. The topological polar surface area (TPSA) is 3.24 Å². The Hall–Kier alpha value is -1.02. The van der Waals surface area contributed by atoms with E-state index in [0.717, 1.165) is 51.6 Å². The van der Waals surface area contributed by atoms with Crippen molar-refractivity contribution in [1.29, 1.82) is 0 Å². The van der Waals surface area contributed by atoms with Crippen LogP contribution in [0.1, 0.15) is 54.4 Å². The van der Waals surface area contributed by atoms with E-state index in [-0.39, 0.29) is 9.75 Å². The van der Waals surface area contributed by atoms with Crippen LogP contribution in [0.5, 0.6) is 0 Å². The first-order valence-corrected chi connectivity index (χ1v) is 10.5. The predicted molar refractivity (Wildman–Crippen MR) is 111 cm³/mol. The molecule has 0 amide bonds. The van der Waals surface area contributed by atoms with E-state index in [9.17, 15) is 0 Å². The Morgan fingerprint density at radius 3 is 1.96 bits per heavy atom. The van der Waals surface area contributed by atoms with Gasteiger partial charge in [0, 0.05) is 6.54 Å². The fourth-order valence-corrected chi connectivity index (χ4v) is 4.50. The van der Waals surface area contributed by atoms with E-state index in [4.69, 9.17) is 23.2 Å². The van der Waals surface area contributed by atoms with Crippen LogP contribution in [0.15, 0.2) is 48.5 Å². The third-order valence-electron chi connectivity index (χ3n) is 5.78. The lowest BCUT2D eigenvalue weighted by Gasteiger charge is -2.22. The molecule has 4 rings (SSSR count). The van der Waals surface area contributed by atoms with E-state index in [2.05, 4.69) is 60.5 Å². The van der Waals surface area contributed by atoms with Crippen molar-refractivity contribution in [1.82, 2.24) is 4.90 Å². The average molecular weight is 388 g/mol. The smallest absolute Gasteiger partial charge is 0.0699 e. The molecule has 0 spiro atoms. The maximum atomic E-state index is 6.81. The summed E-state index contributed by atoms with van der Waals surface area (Å²) in [7, 11) is 2.20. The van der Waals surface area contributed by atoms with Gasteiger partial charge in [-0.25, -0.2) is 0 Å². The molecule has 0 bridgehead atoms. The molecule has 0 radical (unpaired) electrons. The summed E-state index contributed by atoms with van der Waals surface area (Å²) in [4.78, 5) is 2.16. The van der Waals surface area contributed by atoms with Crippen LogP contribution in [0, 0.1) is 0 Å². The van der Waals surface area contributed by atoms with Gasteiger partial charge in [0.25, 0.3) is 0 Å². The second-order valence-electron chi connectivity index (χ2n) is 8.09. The molecule has 0 N–H and O–H groups in total. The van der Waals surface area contributed by atoms with Crippen LogP contribution < -0.4 is 0 Å². The first-order valence-electron chi connectivity index (χ1n) is 9.73. The van der Waals surface area contributed by atoms with Gasteiger partial charge in [-0.15, -0.1) is 23.2 Å². The third kappa shape index (κ3) is 3.96. The Morgan fingerprint density at radius 2 is 1.42 bits per heavy atom. The highest BCUT2D eigenvalue weighted by atomic mass is 35.5. The van der Waals surface area contributed by atoms with Crippen LogP contribution in [-0.4, -0.2) is 18.5 Å². The van der Waals surface area contributed by atoms with Crippen LogP contribution >= 0.6 is 23.2 Å². The van der Waals surface area contributed by atoms with Gasteiger partial charge in [-0.1, -0.05) is 48.5 Å². The molecule has 0 saturated heterocycles. The molecule has 0 heterocycles. The number of alkyl halides is 2. The summed E-state index contributed by atoms with van der Waals surface area (Å²) < 4.78 is 0. The normalized spacial score (nSPS) is 19.5. The molecule has 2 aliphatic rings. The monoisotopic (exact) mass is 387 g/mol. The van der Waals surface area contributed by atoms with Gasteiger partial charge in [-0.2, -0.15) is 0 Å². The summed E-state index contributed by atoms with van der Waals surface area (Å²) in [5.74, 6) is 0. The van der Waals surface area contributed by atoms with Crippen molar-refractivity contribution in [2.75, 3.05) is 13.6 Å². The highest BCUT2D eigenvalue weighted by Gasteiger charge is 2.48. The number of hydrogen-bond donors (Lipinski definition) is 0. The van der Waals surface area contributed by atoms with Crippen molar-refractivity contribution in [3.63, 3.8) is 0 Å². The molecule has 3 heteroatoms. The van der Waals surface area contributed by atoms with E-state index in [1.165, 1.54) is 22.3 Å². The standard InChI is InChI=1S/C23H27Cl2N/c1-26(17-18-7-3-2-4-8-18)16-6-9-19-20(22(24)12-13-22)10-5-11-21(19)23(25)14-15-23/h2-5,7-8,10-11H,6,9,12-17H2,1H3. The number of hydrogen-bond acceptors (Lipinski definition) is 1. The zero-order valence-electron chi connectivity index (χ0n) is 15.5. The molecule has 0 unspecified atom stereocenters. The van der Waals surface area contributed by atoms with Crippen LogP contribution in [-0.2, 0) is 22.7 Å². The Bertz CT molecular complexity index is 727. The summed E-state index contributed by atoms with van der Waals surface area (Å²) in [5.41, 5.74) is 5.48. The van der Waals surface area contributed by atoms with E-state index in [1.807, 2.05) is 0 Å². The Morgan fingerprint density at radius 1 is 0.846 bits per heavy atom. The van der Waals surface area contributed by atoms with Gasteiger partial charge in [0.1, 0.15) is 0 Å². The summed E-state index contributed by atoms with van der Waals surface area (Å²) in [6.07, 6.45) is 6.56. The second kappa shape index (κ2) is 7.19. The lowest BCUT2D eigenvalue weighted by Crippen LogP contribution is -2.20. The van der Waals surface area contributed by atoms with Crippen LogP contribution in [0.3, 0.4) is 0 Å².